The predicted molar refractivity (Wildman–Crippen MR) is 92.3 cm³/mol. The van der Waals surface area contributed by atoms with Gasteiger partial charge in [0.05, 0.1) is 12.2 Å². The van der Waals surface area contributed by atoms with Gasteiger partial charge in [0.1, 0.15) is 22.2 Å². The lowest BCUT2D eigenvalue weighted by molar-refractivity contribution is 0.317. The Kier molecular flexibility index (Phi) is 5.59. The summed E-state index contributed by atoms with van der Waals surface area (Å²) in [6.45, 7) is 2.78. The summed E-state index contributed by atoms with van der Waals surface area (Å²) in [6.07, 6.45) is 0.981. The van der Waals surface area contributed by atoms with Crippen molar-refractivity contribution in [3.8, 4) is 17.2 Å². The first-order valence-corrected chi connectivity index (χ1v) is 7.80. The van der Waals surface area contributed by atoms with Crippen molar-refractivity contribution >= 4 is 33.1 Å². The van der Waals surface area contributed by atoms with E-state index in [4.69, 9.17) is 27.4 Å². The summed E-state index contributed by atoms with van der Waals surface area (Å²) in [6, 6.07) is 13.0. The van der Waals surface area contributed by atoms with Gasteiger partial charge in [-0.15, -0.1) is 0 Å². The Balaban J connectivity index is 2.16. The molecule has 0 spiro atoms. The quantitative estimate of drug-likeness (QED) is 0.755. The summed E-state index contributed by atoms with van der Waals surface area (Å²) in [7, 11) is 0. The van der Waals surface area contributed by atoms with Crippen LogP contribution in [0.25, 0.3) is 0 Å². The second kappa shape index (κ2) is 7.43. The van der Waals surface area contributed by atoms with E-state index < -0.39 is 0 Å². The summed E-state index contributed by atoms with van der Waals surface area (Å²) in [4.78, 5) is 0.300. The first kappa shape index (κ1) is 15.8. The number of nitrogens with two attached hydrogens (primary N) is 1. The molecule has 3 nitrogen and oxygen atoms in total. The zero-order valence-corrected chi connectivity index (χ0v) is 14.0. The highest BCUT2D eigenvalue weighted by atomic mass is 79.9. The molecule has 0 radical (unpaired) electrons. The van der Waals surface area contributed by atoms with Crippen molar-refractivity contribution in [2.24, 2.45) is 5.73 Å². The Hall–Kier alpha value is -1.59. The molecule has 5 heteroatoms. The van der Waals surface area contributed by atoms with Crippen LogP contribution in [0.15, 0.2) is 46.9 Å². The Morgan fingerprint density at radius 2 is 1.81 bits per heavy atom. The molecule has 2 aromatic rings. The van der Waals surface area contributed by atoms with Crippen molar-refractivity contribution in [1.29, 1.82) is 0 Å². The zero-order chi connectivity index (χ0) is 15.2. The minimum absolute atomic E-state index is 0.300. The molecule has 0 heterocycles. The maximum atomic E-state index is 5.84. The molecule has 2 rings (SSSR count). The molecular weight excluding hydrogens is 350 g/mol. The summed E-state index contributed by atoms with van der Waals surface area (Å²) < 4.78 is 12.3. The Labute approximate surface area is 138 Å². The fraction of sp³-hybridized carbons (Fsp3) is 0.188. The molecule has 110 valence electrons. The van der Waals surface area contributed by atoms with E-state index in [0.717, 1.165) is 16.6 Å². The van der Waals surface area contributed by atoms with E-state index >= 15 is 0 Å². The highest BCUT2D eigenvalue weighted by molar-refractivity contribution is 9.10. The van der Waals surface area contributed by atoms with Crippen molar-refractivity contribution in [3.05, 3.63) is 52.5 Å². The van der Waals surface area contributed by atoms with E-state index in [1.54, 1.807) is 0 Å². The molecule has 0 saturated heterocycles. The van der Waals surface area contributed by atoms with Crippen LogP contribution in [0.3, 0.4) is 0 Å². The van der Waals surface area contributed by atoms with Gasteiger partial charge in [-0.25, -0.2) is 0 Å². The van der Waals surface area contributed by atoms with Gasteiger partial charge in [0.15, 0.2) is 0 Å². The SMILES string of the molecule is CCCOc1ccc(Oc2ccc(Br)cc2C(N)=S)cc1. The van der Waals surface area contributed by atoms with E-state index in [2.05, 4.69) is 22.9 Å². The molecule has 0 aliphatic carbocycles. The van der Waals surface area contributed by atoms with Gasteiger partial charge in [0.25, 0.3) is 0 Å². The van der Waals surface area contributed by atoms with E-state index in [-0.39, 0.29) is 0 Å². The van der Waals surface area contributed by atoms with Crippen LogP contribution >= 0.6 is 28.1 Å². The molecule has 0 fully saturated rings. The third-order valence-corrected chi connectivity index (χ3v) is 3.44. The third kappa shape index (κ3) is 4.44. The van der Waals surface area contributed by atoms with Crippen LogP contribution in [-0.4, -0.2) is 11.6 Å². The van der Waals surface area contributed by atoms with Crippen LogP contribution in [0, 0.1) is 0 Å². The molecule has 0 aromatic heterocycles. The lowest BCUT2D eigenvalue weighted by Crippen LogP contribution is -2.10. The normalized spacial score (nSPS) is 10.2. The summed E-state index contributed by atoms with van der Waals surface area (Å²) in [5.41, 5.74) is 6.43. The number of benzene rings is 2. The fourth-order valence-corrected chi connectivity index (χ4v) is 2.26. The molecule has 0 unspecified atom stereocenters. The average molecular weight is 366 g/mol. The molecule has 2 N–H and O–H groups in total. The van der Waals surface area contributed by atoms with E-state index in [1.165, 1.54) is 0 Å². The van der Waals surface area contributed by atoms with Gasteiger partial charge >= 0.3 is 0 Å². The second-order valence-electron chi connectivity index (χ2n) is 4.43. The second-order valence-corrected chi connectivity index (χ2v) is 5.78. The minimum atomic E-state index is 0.300. The van der Waals surface area contributed by atoms with Crippen molar-refractivity contribution in [1.82, 2.24) is 0 Å². The molecule has 0 amide bonds. The highest BCUT2D eigenvalue weighted by Gasteiger charge is 2.08. The molecule has 0 atom stereocenters. The lowest BCUT2D eigenvalue weighted by Gasteiger charge is -2.11. The van der Waals surface area contributed by atoms with Gasteiger partial charge in [-0.05, 0) is 48.9 Å². The van der Waals surface area contributed by atoms with Gasteiger partial charge in [-0.3, -0.25) is 0 Å². The largest absolute Gasteiger partial charge is 0.494 e. The van der Waals surface area contributed by atoms with Crippen molar-refractivity contribution in [2.45, 2.75) is 13.3 Å². The van der Waals surface area contributed by atoms with Gasteiger partial charge in [-0.2, -0.15) is 0 Å². The molecule has 0 aliphatic rings. The predicted octanol–water partition coefficient (Wildman–Crippen LogP) is 4.66. The lowest BCUT2D eigenvalue weighted by atomic mass is 10.2. The average Bonchev–Trinajstić information content (AvgIpc) is 2.48. The molecule has 0 saturated carbocycles. The summed E-state index contributed by atoms with van der Waals surface area (Å²) >= 11 is 8.45. The highest BCUT2D eigenvalue weighted by Crippen LogP contribution is 2.29. The third-order valence-electron chi connectivity index (χ3n) is 2.73. The Morgan fingerprint density at radius 3 is 2.43 bits per heavy atom. The monoisotopic (exact) mass is 365 g/mol. The van der Waals surface area contributed by atoms with E-state index in [1.807, 2.05) is 42.5 Å². The topological polar surface area (TPSA) is 44.5 Å². The van der Waals surface area contributed by atoms with Crippen LogP contribution in [-0.2, 0) is 0 Å². The Bertz CT molecular complexity index is 629. The molecular formula is C16H16BrNO2S. The van der Waals surface area contributed by atoms with Crippen molar-refractivity contribution < 1.29 is 9.47 Å². The van der Waals surface area contributed by atoms with Gasteiger partial charge in [0, 0.05) is 4.47 Å². The summed E-state index contributed by atoms with van der Waals surface area (Å²) in [5.74, 6) is 2.17. The smallest absolute Gasteiger partial charge is 0.137 e. The number of thiocarbonyl (C=S) groups is 1. The molecule has 0 aliphatic heterocycles. The van der Waals surface area contributed by atoms with Crippen LogP contribution in [0.1, 0.15) is 18.9 Å². The van der Waals surface area contributed by atoms with Gasteiger partial charge in [-0.1, -0.05) is 35.1 Å². The van der Waals surface area contributed by atoms with Gasteiger partial charge < -0.3 is 15.2 Å². The number of rotatable bonds is 6. The number of hydrogen-bond donors (Lipinski definition) is 1. The van der Waals surface area contributed by atoms with Crippen LogP contribution in [0.2, 0.25) is 0 Å². The first-order valence-electron chi connectivity index (χ1n) is 6.60. The van der Waals surface area contributed by atoms with Crippen LogP contribution in [0.4, 0.5) is 0 Å². The number of halogens is 1. The Morgan fingerprint density at radius 1 is 1.14 bits per heavy atom. The fourth-order valence-electron chi connectivity index (χ4n) is 1.73. The maximum Gasteiger partial charge on any atom is 0.137 e. The van der Waals surface area contributed by atoms with Crippen molar-refractivity contribution in [3.63, 3.8) is 0 Å². The maximum absolute atomic E-state index is 5.84. The van der Waals surface area contributed by atoms with Crippen molar-refractivity contribution in [2.75, 3.05) is 6.61 Å². The molecule has 2 aromatic carbocycles. The summed E-state index contributed by atoms with van der Waals surface area (Å²) in [5, 5.41) is 0. The number of hydrogen-bond acceptors (Lipinski definition) is 3. The molecule has 21 heavy (non-hydrogen) atoms. The first-order chi connectivity index (χ1) is 10.1. The minimum Gasteiger partial charge on any atom is -0.494 e. The number of ether oxygens (including phenoxy) is 2. The van der Waals surface area contributed by atoms with E-state index in [0.29, 0.717) is 28.7 Å². The standard InChI is InChI=1S/C16H16BrNO2S/c1-2-9-19-12-4-6-13(7-5-12)20-15-8-3-11(17)10-14(15)16(18)21/h3-8,10H,2,9H2,1H3,(H2,18,21). The zero-order valence-electron chi connectivity index (χ0n) is 11.6. The van der Waals surface area contributed by atoms with E-state index in [9.17, 15) is 0 Å². The van der Waals surface area contributed by atoms with Crippen LogP contribution < -0.4 is 15.2 Å². The molecule has 0 bridgehead atoms. The van der Waals surface area contributed by atoms with Crippen LogP contribution in [0.5, 0.6) is 17.2 Å². The van der Waals surface area contributed by atoms with Gasteiger partial charge in [0.2, 0.25) is 0 Å².